The molecule has 0 saturated heterocycles. The molecule has 5 nitrogen and oxygen atoms in total. The molecule has 0 amide bonds. The van der Waals surface area contributed by atoms with Gasteiger partial charge in [-0.05, 0) is 122 Å². The maximum Gasteiger partial charge on any atom is 0.137 e. The number of pyridine rings is 1. The number of aromatic nitrogens is 2. The van der Waals surface area contributed by atoms with Crippen molar-refractivity contribution < 1.29 is 4.74 Å². The van der Waals surface area contributed by atoms with Crippen molar-refractivity contribution in [2.45, 2.75) is 97.8 Å². The summed E-state index contributed by atoms with van der Waals surface area (Å²) in [6.07, 6.45) is 1.93. The number of rotatable bonds is 8. The molecule has 0 saturated carbocycles. The molecule has 0 atom stereocenters. The van der Waals surface area contributed by atoms with Crippen molar-refractivity contribution in [3.05, 3.63) is 204 Å². The van der Waals surface area contributed by atoms with Crippen LogP contribution in [0.25, 0.3) is 38.8 Å². The molecule has 0 aliphatic carbocycles. The molecular weight excluding hydrogens is 829 g/mol. The summed E-state index contributed by atoms with van der Waals surface area (Å²) < 4.78 is 9.32. The van der Waals surface area contributed by atoms with Crippen molar-refractivity contribution in [1.29, 1.82) is 0 Å². The molecule has 0 fully saturated rings. The van der Waals surface area contributed by atoms with E-state index in [1.807, 2.05) is 6.20 Å². The number of fused-ring (bicyclic) bond motifs is 4. The number of benzene rings is 7. The largest absolute Gasteiger partial charge is 0.457 e. The predicted octanol–water partition coefficient (Wildman–Crippen LogP) is 17.1. The van der Waals surface area contributed by atoms with Crippen molar-refractivity contribution in [3.63, 3.8) is 0 Å². The highest BCUT2D eigenvalue weighted by atomic mass is 16.5. The van der Waals surface area contributed by atoms with Crippen LogP contribution < -0.4 is 14.5 Å². The second kappa shape index (κ2) is 16.6. The molecule has 342 valence electrons. The number of nitrogens with zero attached hydrogens (tertiary/aromatic N) is 4. The van der Waals surface area contributed by atoms with Gasteiger partial charge in [-0.2, -0.15) is 0 Å². The fourth-order valence-corrected chi connectivity index (χ4v) is 9.75. The minimum atomic E-state index is -0.242. The second-order valence-corrected chi connectivity index (χ2v) is 22.3. The lowest BCUT2D eigenvalue weighted by atomic mass is 9.77. The van der Waals surface area contributed by atoms with E-state index in [0.717, 1.165) is 45.1 Å². The molecule has 3 heterocycles. The summed E-state index contributed by atoms with van der Waals surface area (Å²) in [5, 5.41) is 2.35. The highest BCUT2D eigenvalue weighted by Crippen LogP contribution is 2.49. The fourth-order valence-electron chi connectivity index (χ4n) is 9.75. The van der Waals surface area contributed by atoms with Gasteiger partial charge in [0, 0.05) is 45.9 Å². The van der Waals surface area contributed by atoms with Crippen molar-refractivity contribution >= 4 is 44.6 Å². The lowest BCUT2D eigenvalue weighted by Crippen LogP contribution is -2.25. The van der Waals surface area contributed by atoms with Gasteiger partial charge in [-0.1, -0.05) is 167 Å². The Hall–Kier alpha value is -7.11. The first kappa shape index (κ1) is 44.7. The molecule has 10 rings (SSSR count). The molecule has 1 aliphatic rings. The maximum atomic E-state index is 7.04. The van der Waals surface area contributed by atoms with Gasteiger partial charge in [0.05, 0.1) is 22.4 Å². The molecular formula is C63H64N4O. The Bertz CT molecular complexity index is 3320. The molecule has 0 radical (unpaired) electrons. The van der Waals surface area contributed by atoms with Crippen molar-refractivity contribution in [2.24, 2.45) is 0 Å². The molecule has 0 spiro atoms. The highest BCUT2D eigenvalue weighted by Gasteiger charge is 2.33. The summed E-state index contributed by atoms with van der Waals surface area (Å²) in [6, 6.07) is 62.2. The van der Waals surface area contributed by atoms with Crippen LogP contribution in [0.2, 0.25) is 0 Å². The van der Waals surface area contributed by atoms with Gasteiger partial charge in [0.1, 0.15) is 24.0 Å². The van der Waals surface area contributed by atoms with Crippen LogP contribution in [-0.2, 0) is 21.7 Å². The average molecular weight is 893 g/mol. The van der Waals surface area contributed by atoms with Crippen LogP contribution in [-0.4, -0.2) is 16.2 Å². The van der Waals surface area contributed by atoms with E-state index in [9.17, 15) is 0 Å². The first-order valence-electron chi connectivity index (χ1n) is 24.1. The van der Waals surface area contributed by atoms with Crippen LogP contribution in [0.15, 0.2) is 176 Å². The molecule has 0 N–H and O–H groups in total. The zero-order valence-corrected chi connectivity index (χ0v) is 41.6. The zero-order valence-electron chi connectivity index (χ0n) is 41.6. The standard InChI is InChI=1S/C63H64N4O/c1-60(2,3)45-26-29-56-58(37-45)66(49-33-43(42-20-14-12-15-21-42)32-48(35-49)63(10,11)44-22-16-13-17-23-44)41-65(56)50-34-47(62(7,8)9)36-52(39-50)68-51-27-28-54-53-24-18-19-25-55(53)67(57(54)40-51)59-38-46(30-31-64-59)61(4,5)6/h12-40H,41H2,1-11H3. The zero-order chi connectivity index (χ0) is 47.8. The Morgan fingerprint density at radius 1 is 0.412 bits per heavy atom. The molecule has 5 heteroatoms. The molecule has 7 aromatic carbocycles. The average Bonchev–Trinajstić information content (AvgIpc) is 3.87. The topological polar surface area (TPSA) is 33.5 Å². The summed E-state index contributed by atoms with van der Waals surface area (Å²) in [6.45, 7) is 25.8. The quantitative estimate of drug-likeness (QED) is 0.152. The number of hydrogen-bond donors (Lipinski definition) is 0. The minimum absolute atomic E-state index is 0.0172. The summed E-state index contributed by atoms with van der Waals surface area (Å²) in [7, 11) is 0. The second-order valence-electron chi connectivity index (χ2n) is 22.3. The Labute approximate surface area is 403 Å². The lowest BCUT2D eigenvalue weighted by molar-refractivity contribution is 0.479. The number of para-hydroxylation sites is 1. The van der Waals surface area contributed by atoms with E-state index in [0.29, 0.717) is 6.67 Å². The van der Waals surface area contributed by atoms with Gasteiger partial charge in [0.25, 0.3) is 0 Å². The molecule has 2 aromatic heterocycles. The van der Waals surface area contributed by atoms with Crippen LogP contribution in [0.5, 0.6) is 11.5 Å². The third-order valence-electron chi connectivity index (χ3n) is 14.1. The number of ether oxygens (including phenoxy) is 1. The normalized spacial score (nSPS) is 13.4. The van der Waals surface area contributed by atoms with E-state index in [1.54, 1.807) is 0 Å². The van der Waals surface area contributed by atoms with Crippen molar-refractivity contribution in [3.8, 4) is 28.4 Å². The van der Waals surface area contributed by atoms with Crippen molar-refractivity contribution in [1.82, 2.24) is 9.55 Å². The van der Waals surface area contributed by atoms with Gasteiger partial charge in [0.15, 0.2) is 0 Å². The van der Waals surface area contributed by atoms with Gasteiger partial charge in [-0.15, -0.1) is 0 Å². The van der Waals surface area contributed by atoms with Gasteiger partial charge in [0.2, 0.25) is 0 Å². The van der Waals surface area contributed by atoms with Gasteiger partial charge < -0.3 is 14.5 Å². The Balaban J connectivity index is 1.10. The van der Waals surface area contributed by atoms with Gasteiger partial charge >= 0.3 is 0 Å². The van der Waals surface area contributed by atoms with Crippen molar-refractivity contribution in [2.75, 3.05) is 16.5 Å². The first-order valence-corrected chi connectivity index (χ1v) is 24.1. The Morgan fingerprint density at radius 2 is 1.03 bits per heavy atom. The van der Waals surface area contributed by atoms with Crippen LogP contribution in [0.1, 0.15) is 104 Å². The van der Waals surface area contributed by atoms with E-state index >= 15 is 0 Å². The SMILES string of the molecule is CC(C)(C)c1cc(Oc2ccc3c4ccccc4n(-c4cc(C(C)(C)C)ccn4)c3c2)cc(N2CN(c3cc(-c4ccccc4)cc(C(C)(C)c4ccccc4)c3)c3cc(C(C)(C)C)ccc32)c1. The van der Waals surface area contributed by atoms with Crippen LogP contribution >= 0.6 is 0 Å². The monoisotopic (exact) mass is 893 g/mol. The first-order chi connectivity index (χ1) is 32.3. The van der Waals surface area contributed by atoms with E-state index in [-0.39, 0.29) is 21.7 Å². The Kier molecular flexibility index (Phi) is 10.9. The predicted molar refractivity (Wildman–Crippen MR) is 287 cm³/mol. The fraction of sp³-hybridized carbons (Fsp3) is 0.254. The van der Waals surface area contributed by atoms with Crippen LogP contribution in [0.4, 0.5) is 22.7 Å². The summed E-state index contributed by atoms with van der Waals surface area (Å²) in [5.41, 5.74) is 15.0. The number of hydrogen-bond acceptors (Lipinski definition) is 4. The maximum absolute atomic E-state index is 7.04. The molecule has 0 unspecified atom stereocenters. The highest BCUT2D eigenvalue weighted by molar-refractivity contribution is 6.09. The van der Waals surface area contributed by atoms with Gasteiger partial charge in [-0.25, -0.2) is 4.98 Å². The third-order valence-corrected chi connectivity index (χ3v) is 14.1. The molecule has 9 aromatic rings. The molecule has 68 heavy (non-hydrogen) atoms. The van der Waals surface area contributed by atoms with Gasteiger partial charge in [-0.3, -0.25) is 4.57 Å². The summed E-state index contributed by atoms with van der Waals surface area (Å²) in [5.74, 6) is 2.47. The van der Waals surface area contributed by atoms with Crippen LogP contribution in [0, 0.1) is 0 Å². The molecule has 1 aliphatic heterocycles. The minimum Gasteiger partial charge on any atom is -0.457 e. The van der Waals surface area contributed by atoms with E-state index in [4.69, 9.17) is 9.72 Å². The molecule has 0 bridgehead atoms. The Morgan fingerprint density at radius 3 is 1.75 bits per heavy atom. The van der Waals surface area contributed by atoms with E-state index in [1.165, 1.54) is 55.7 Å². The summed E-state index contributed by atoms with van der Waals surface area (Å²) in [4.78, 5) is 9.92. The lowest BCUT2D eigenvalue weighted by Gasteiger charge is -2.30. The van der Waals surface area contributed by atoms with Crippen LogP contribution in [0.3, 0.4) is 0 Å². The van der Waals surface area contributed by atoms with E-state index in [2.05, 4.69) is 260 Å². The number of anilines is 4. The summed E-state index contributed by atoms with van der Waals surface area (Å²) >= 11 is 0. The third kappa shape index (κ3) is 8.33. The smallest absolute Gasteiger partial charge is 0.137 e. The van der Waals surface area contributed by atoms with E-state index < -0.39 is 0 Å².